The van der Waals surface area contributed by atoms with Gasteiger partial charge in [-0.3, -0.25) is 0 Å². The highest BCUT2D eigenvalue weighted by molar-refractivity contribution is 7.80. The smallest absolute Gasteiger partial charge is 0.0761 e. The molecule has 0 aliphatic rings. The van der Waals surface area contributed by atoms with E-state index in [9.17, 15) is 0 Å². The first-order valence-corrected chi connectivity index (χ1v) is 5.00. The van der Waals surface area contributed by atoms with Gasteiger partial charge < -0.3 is 5.73 Å². The molecule has 1 nitrogen and oxygen atoms in total. The van der Waals surface area contributed by atoms with Gasteiger partial charge >= 0.3 is 0 Å². The van der Waals surface area contributed by atoms with Crippen molar-refractivity contribution in [3.8, 4) is 0 Å². The maximum absolute atomic E-state index is 5.56. The molecule has 0 rings (SSSR count). The number of nitrogens with two attached hydrogens (primary N) is 1. The van der Waals surface area contributed by atoms with Crippen LogP contribution >= 0.6 is 12.2 Å². The van der Waals surface area contributed by atoms with E-state index < -0.39 is 0 Å². The molecule has 13 heavy (non-hydrogen) atoms. The molecule has 0 bridgehead atoms. The topological polar surface area (TPSA) is 26.0 Å². The minimum atomic E-state index is 0.274. The van der Waals surface area contributed by atoms with Crippen molar-refractivity contribution in [3.05, 3.63) is 23.8 Å². The molecule has 0 aliphatic heterocycles. The van der Waals surface area contributed by atoms with E-state index in [1.807, 2.05) is 6.92 Å². The average molecular weight is 197 g/mol. The second-order valence-corrected chi connectivity index (χ2v) is 3.91. The normalized spacial score (nSPS) is 17.4. The molecule has 2 heteroatoms. The Bertz CT molecular complexity index is 228. The van der Waals surface area contributed by atoms with Gasteiger partial charge in [-0.15, -0.1) is 0 Å². The van der Waals surface area contributed by atoms with Gasteiger partial charge in [-0.05, 0) is 19.8 Å². The molecule has 0 amide bonds. The Kier molecular flexibility index (Phi) is 5.63. The molecular formula is C11H19NS. The third kappa shape index (κ3) is 4.83. The summed E-state index contributed by atoms with van der Waals surface area (Å²) in [5, 5.41) is 0. The number of allylic oxidation sites excluding steroid dienone is 4. The lowest BCUT2D eigenvalue weighted by Crippen LogP contribution is -2.23. The first kappa shape index (κ1) is 12.4. The molecule has 0 radical (unpaired) electrons. The van der Waals surface area contributed by atoms with Gasteiger partial charge in [0, 0.05) is 5.92 Å². The molecule has 0 saturated carbocycles. The molecule has 2 atom stereocenters. The van der Waals surface area contributed by atoms with Crippen molar-refractivity contribution in [2.24, 2.45) is 17.6 Å². The summed E-state index contributed by atoms with van der Waals surface area (Å²) in [4.78, 5) is 0.593. The van der Waals surface area contributed by atoms with E-state index in [1.54, 1.807) is 0 Å². The fourth-order valence-corrected chi connectivity index (χ4v) is 1.04. The van der Waals surface area contributed by atoms with Crippen LogP contribution in [-0.2, 0) is 0 Å². The monoisotopic (exact) mass is 197 g/mol. The zero-order chi connectivity index (χ0) is 10.4. The predicted octanol–water partition coefficient (Wildman–Crippen LogP) is 3.07. The van der Waals surface area contributed by atoms with Crippen LogP contribution < -0.4 is 5.73 Å². The maximum atomic E-state index is 5.56. The Labute approximate surface area is 86.7 Å². The van der Waals surface area contributed by atoms with Gasteiger partial charge in [0.05, 0.1) is 4.99 Å². The lowest BCUT2D eigenvalue weighted by atomic mass is 9.95. The molecule has 0 spiro atoms. The Balaban J connectivity index is 4.22. The SMILES string of the molecule is CC=C(C)C=CC(C)C(C)C(N)=S. The molecule has 0 aromatic rings. The van der Waals surface area contributed by atoms with Crippen LogP contribution in [0.1, 0.15) is 27.7 Å². The molecule has 2 N–H and O–H groups in total. The third-order valence-electron chi connectivity index (χ3n) is 2.36. The maximum Gasteiger partial charge on any atom is 0.0761 e. The molecule has 0 aromatic carbocycles. The molecule has 0 heterocycles. The first-order valence-electron chi connectivity index (χ1n) is 4.59. The highest BCUT2D eigenvalue weighted by Crippen LogP contribution is 2.13. The van der Waals surface area contributed by atoms with Gasteiger partial charge in [0.1, 0.15) is 0 Å². The Hall–Kier alpha value is -0.630. The molecule has 2 unspecified atom stereocenters. The molecule has 74 valence electrons. The summed E-state index contributed by atoms with van der Waals surface area (Å²) < 4.78 is 0. The van der Waals surface area contributed by atoms with Gasteiger partial charge in [0.15, 0.2) is 0 Å². The van der Waals surface area contributed by atoms with Crippen molar-refractivity contribution >= 4 is 17.2 Å². The summed E-state index contributed by atoms with van der Waals surface area (Å²) in [6, 6.07) is 0. The number of hydrogen-bond acceptors (Lipinski definition) is 1. The van der Waals surface area contributed by atoms with Crippen LogP contribution in [0.3, 0.4) is 0 Å². The zero-order valence-corrected chi connectivity index (χ0v) is 9.69. The van der Waals surface area contributed by atoms with Gasteiger partial charge in [-0.25, -0.2) is 0 Å². The molecule has 0 saturated heterocycles. The van der Waals surface area contributed by atoms with Crippen molar-refractivity contribution in [3.63, 3.8) is 0 Å². The van der Waals surface area contributed by atoms with Crippen LogP contribution in [0, 0.1) is 11.8 Å². The summed E-state index contributed by atoms with van der Waals surface area (Å²) in [6.45, 7) is 8.29. The van der Waals surface area contributed by atoms with Crippen molar-refractivity contribution in [1.29, 1.82) is 0 Å². The van der Waals surface area contributed by atoms with Crippen LogP contribution in [0.2, 0.25) is 0 Å². The Morgan fingerprint density at radius 3 is 2.31 bits per heavy atom. The van der Waals surface area contributed by atoms with E-state index in [0.717, 1.165) is 0 Å². The van der Waals surface area contributed by atoms with Gasteiger partial charge in [0.25, 0.3) is 0 Å². The summed E-state index contributed by atoms with van der Waals surface area (Å²) >= 11 is 4.93. The second kappa shape index (κ2) is 5.92. The standard InChI is InChI=1S/C11H19NS/c1-5-8(2)6-7-9(3)10(4)11(12)13/h5-7,9-10H,1-4H3,(H2,12,13). The molecular weight excluding hydrogens is 178 g/mol. The van der Waals surface area contributed by atoms with E-state index >= 15 is 0 Å². The van der Waals surface area contributed by atoms with Crippen LogP contribution in [0.15, 0.2) is 23.8 Å². The molecule has 0 aromatic heterocycles. The van der Waals surface area contributed by atoms with Crippen LogP contribution in [0.4, 0.5) is 0 Å². The van der Waals surface area contributed by atoms with Crippen LogP contribution in [-0.4, -0.2) is 4.99 Å². The van der Waals surface area contributed by atoms with Gasteiger partial charge in [-0.1, -0.05) is 49.9 Å². The highest BCUT2D eigenvalue weighted by Gasteiger charge is 2.10. The highest BCUT2D eigenvalue weighted by atomic mass is 32.1. The summed E-state index contributed by atoms with van der Waals surface area (Å²) in [5.41, 5.74) is 6.82. The average Bonchev–Trinajstić information content (AvgIpc) is 2.11. The zero-order valence-electron chi connectivity index (χ0n) is 8.87. The summed E-state index contributed by atoms with van der Waals surface area (Å²) in [7, 11) is 0. The van der Waals surface area contributed by atoms with Crippen molar-refractivity contribution in [2.75, 3.05) is 0 Å². The summed E-state index contributed by atoms with van der Waals surface area (Å²) in [6.07, 6.45) is 6.34. The van der Waals surface area contributed by atoms with E-state index in [2.05, 4.69) is 39.0 Å². The summed E-state index contributed by atoms with van der Waals surface area (Å²) in [5.74, 6) is 0.684. The fraction of sp³-hybridized carbons (Fsp3) is 0.545. The Morgan fingerprint density at radius 2 is 1.92 bits per heavy atom. The number of hydrogen-bond donors (Lipinski definition) is 1. The van der Waals surface area contributed by atoms with E-state index in [4.69, 9.17) is 18.0 Å². The minimum Gasteiger partial charge on any atom is -0.393 e. The third-order valence-corrected chi connectivity index (χ3v) is 2.73. The Morgan fingerprint density at radius 1 is 1.38 bits per heavy atom. The lowest BCUT2D eigenvalue weighted by Gasteiger charge is -2.14. The minimum absolute atomic E-state index is 0.274. The van der Waals surface area contributed by atoms with Crippen molar-refractivity contribution < 1.29 is 0 Å². The number of thiocarbonyl (C=S) groups is 1. The van der Waals surface area contributed by atoms with Gasteiger partial charge in [-0.2, -0.15) is 0 Å². The quantitative estimate of drug-likeness (QED) is 0.553. The van der Waals surface area contributed by atoms with E-state index in [-0.39, 0.29) is 5.92 Å². The fourth-order valence-electron chi connectivity index (χ4n) is 0.826. The van der Waals surface area contributed by atoms with Crippen molar-refractivity contribution in [2.45, 2.75) is 27.7 Å². The van der Waals surface area contributed by atoms with E-state index in [1.165, 1.54) is 5.57 Å². The predicted molar refractivity (Wildman–Crippen MR) is 63.7 cm³/mol. The first-order chi connectivity index (χ1) is 5.99. The largest absolute Gasteiger partial charge is 0.393 e. The van der Waals surface area contributed by atoms with Crippen molar-refractivity contribution in [1.82, 2.24) is 0 Å². The van der Waals surface area contributed by atoms with Crippen LogP contribution in [0.25, 0.3) is 0 Å². The number of rotatable bonds is 4. The second-order valence-electron chi connectivity index (χ2n) is 3.44. The van der Waals surface area contributed by atoms with E-state index in [0.29, 0.717) is 10.9 Å². The molecule has 0 fully saturated rings. The lowest BCUT2D eigenvalue weighted by molar-refractivity contribution is 0.592. The molecule has 0 aliphatic carbocycles. The van der Waals surface area contributed by atoms with Crippen LogP contribution in [0.5, 0.6) is 0 Å². The van der Waals surface area contributed by atoms with Gasteiger partial charge in [0.2, 0.25) is 0 Å².